The molecular formula is C20H17NO4. The third-order valence-corrected chi connectivity index (χ3v) is 3.20. The lowest BCUT2D eigenvalue weighted by Gasteiger charge is -2.13. The Morgan fingerprint density at radius 2 is 1.52 bits per heavy atom. The molecule has 126 valence electrons. The number of carbonyl (C=O) groups is 3. The van der Waals surface area contributed by atoms with Crippen molar-refractivity contribution in [3.63, 3.8) is 0 Å². The highest BCUT2D eigenvalue weighted by Gasteiger charge is 2.24. The summed E-state index contributed by atoms with van der Waals surface area (Å²) in [4.78, 5) is 34.5. The summed E-state index contributed by atoms with van der Waals surface area (Å²) in [5, 5.41) is 0. The van der Waals surface area contributed by atoms with Crippen molar-refractivity contribution in [2.75, 3.05) is 4.90 Å². The van der Waals surface area contributed by atoms with Crippen molar-refractivity contribution in [1.29, 1.82) is 0 Å². The van der Waals surface area contributed by atoms with Gasteiger partial charge in [-0.1, -0.05) is 43.0 Å². The summed E-state index contributed by atoms with van der Waals surface area (Å²) >= 11 is 0. The van der Waals surface area contributed by atoms with Crippen LogP contribution in [-0.4, -0.2) is 17.8 Å². The Kier molecular flexibility index (Phi) is 6.01. The topological polar surface area (TPSA) is 63.7 Å². The van der Waals surface area contributed by atoms with Gasteiger partial charge in [-0.3, -0.25) is 14.4 Å². The van der Waals surface area contributed by atoms with Gasteiger partial charge in [-0.25, -0.2) is 4.90 Å². The maximum atomic E-state index is 11.4. The number of amides is 2. The van der Waals surface area contributed by atoms with Crippen LogP contribution in [0.15, 0.2) is 73.3 Å². The Bertz CT molecular complexity index is 789. The van der Waals surface area contributed by atoms with Gasteiger partial charge in [-0.15, -0.1) is 0 Å². The fourth-order valence-electron chi connectivity index (χ4n) is 2.07. The van der Waals surface area contributed by atoms with Gasteiger partial charge >= 0.3 is 5.97 Å². The van der Waals surface area contributed by atoms with Gasteiger partial charge in [-0.2, -0.15) is 0 Å². The fourth-order valence-corrected chi connectivity index (χ4v) is 2.07. The number of esters is 1. The molecular weight excluding hydrogens is 318 g/mol. The molecule has 0 N–H and O–H groups in total. The van der Waals surface area contributed by atoms with Crippen molar-refractivity contribution in [2.24, 2.45) is 0 Å². The molecule has 2 aromatic rings. The van der Waals surface area contributed by atoms with E-state index < -0.39 is 5.97 Å². The summed E-state index contributed by atoms with van der Waals surface area (Å²) in [7, 11) is 0. The van der Waals surface area contributed by atoms with E-state index in [9.17, 15) is 14.4 Å². The normalized spacial score (nSPS) is 12.4. The number of anilines is 1. The van der Waals surface area contributed by atoms with Crippen LogP contribution in [-0.2, 0) is 14.4 Å². The number of carbonyl (C=O) groups excluding carboxylic acids is 3. The van der Waals surface area contributed by atoms with E-state index in [1.165, 1.54) is 36.8 Å². The van der Waals surface area contributed by atoms with E-state index in [2.05, 4.69) is 6.58 Å². The molecule has 0 aliphatic carbocycles. The van der Waals surface area contributed by atoms with Crippen LogP contribution >= 0.6 is 0 Å². The Morgan fingerprint density at radius 1 is 0.960 bits per heavy atom. The van der Waals surface area contributed by atoms with Gasteiger partial charge in [0.15, 0.2) is 0 Å². The van der Waals surface area contributed by atoms with E-state index in [4.69, 9.17) is 4.74 Å². The summed E-state index contributed by atoms with van der Waals surface area (Å²) in [6, 6.07) is 16.2. The SMILES string of the molecule is C=Cc1ccccc1.CC(=O)Oc1ccc(N2C(=O)C=CC2=O)cc1. The van der Waals surface area contributed by atoms with E-state index in [0.717, 1.165) is 4.90 Å². The second-order valence-electron chi connectivity index (χ2n) is 5.05. The minimum atomic E-state index is -0.423. The highest BCUT2D eigenvalue weighted by Crippen LogP contribution is 2.22. The Balaban J connectivity index is 0.000000236. The van der Waals surface area contributed by atoms with Gasteiger partial charge < -0.3 is 4.74 Å². The van der Waals surface area contributed by atoms with Crippen LogP contribution in [0.25, 0.3) is 6.08 Å². The van der Waals surface area contributed by atoms with Crippen LogP contribution < -0.4 is 9.64 Å². The molecule has 2 amide bonds. The van der Waals surface area contributed by atoms with Crippen LogP contribution in [0.1, 0.15) is 12.5 Å². The van der Waals surface area contributed by atoms with Crippen LogP contribution in [0.5, 0.6) is 5.75 Å². The number of ether oxygens (including phenoxy) is 1. The molecule has 5 heteroatoms. The van der Waals surface area contributed by atoms with Crippen molar-refractivity contribution in [3.05, 3.63) is 78.9 Å². The van der Waals surface area contributed by atoms with Crippen LogP contribution in [0.3, 0.4) is 0 Å². The van der Waals surface area contributed by atoms with E-state index >= 15 is 0 Å². The molecule has 1 aliphatic heterocycles. The Hall–Kier alpha value is -3.47. The Morgan fingerprint density at radius 3 is 1.96 bits per heavy atom. The monoisotopic (exact) mass is 335 g/mol. The van der Waals surface area contributed by atoms with Gasteiger partial charge in [-0.05, 0) is 29.8 Å². The van der Waals surface area contributed by atoms with Crippen LogP contribution in [0, 0.1) is 0 Å². The molecule has 0 bridgehead atoms. The van der Waals surface area contributed by atoms with Crippen molar-refractivity contribution < 1.29 is 19.1 Å². The van der Waals surface area contributed by atoms with E-state index in [-0.39, 0.29) is 11.8 Å². The van der Waals surface area contributed by atoms with Gasteiger partial charge in [0, 0.05) is 19.1 Å². The van der Waals surface area contributed by atoms with Gasteiger partial charge in [0.2, 0.25) is 0 Å². The summed E-state index contributed by atoms with van der Waals surface area (Å²) in [6.45, 7) is 4.93. The predicted molar refractivity (Wildman–Crippen MR) is 95.9 cm³/mol. The first-order valence-electron chi connectivity index (χ1n) is 7.53. The zero-order valence-corrected chi connectivity index (χ0v) is 13.7. The number of benzene rings is 2. The van der Waals surface area contributed by atoms with E-state index in [0.29, 0.717) is 11.4 Å². The second kappa shape index (κ2) is 8.40. The number of hydrogen-bond acceptors (Lipinski definition) is 4. The highest BCUT2D eigenvalue weighted by molar-refractivity contribution is 6.28. The summed E-state index contributed by atoms with van der Waals surface area (Å²) in [5.41, 5.74) is 1.62. The van der Waals surface area contributed by atoms with Gasteiger partial charge in [0.1, 0.15) is 5.75 Å². The third kappa shape index (κ3) is 5.00. The summed E-state index contributed by atoms with van der Waals surface area (Å²) < 4.78 is 4.84. The molecule has 25 heavy (non-hydrogen) atoms. The quantitative estimate of drug-likeness (QED) is 0.490. The molecule has 0 saturated carbocycles. The molecule has 0 saturated heterocycles. The second-order valence-corrected chi connectivity index (χ2v) is 5.05. The predicted octanol–water partition coefficient (Wildman–Crippen LogP) is 3.37. The smallest absolute Gasteiger partial charge is 0.308 e. The molecule has 0 radical (unpaired) electrons. The Labute approximate surface area is 145 Å². The van der Waals surface area contributed by atoms with Crippen molar-refractivity contribution in [3.8, 4) is 5.75 Å². The maximum absolute atomic E-state index is 11.4. The first kappa shape index (κ1) is 17.9. The molecule has 3 rings (SSSR count). The van der Waals surface area contributed by atoms with Crippen molar-refractivity contribution in [2.45, 2.75) is 6.92 Å². The molecule has 0 aromatic heterocycles. The first-order chi connectivity index (χ1) is 12.0. The largest absolute Gasteiger partial charge is 0.427 e. The minimum Gasteiger partial charge on any atom is -0.427 e. The molecule has 2 aromatic carbocycles. The zero-order valence-electron chi connectivity index (χ0n) is 13.7. The lowest BCUT2D eigenvalue weighted by Crippen LogP contribution is -2.29. The molecule has 1 aliphatic rings. The third-order valence-electron chi connectivity index (χ3n) is 3.20. The standard InChI is InChI=1S/C12H9NO4.C8H8/c1-8(14)17-10-4-2-9(3-5-10)13-11(15)6-7-12(13)16;1-2-8-6-4-3-5-7-8/h2-7H,1H3;2-7H,1H2. The molecule has 0 atom stereocenters. The summed E-state index contributed by atoms with van der Waals surface area (Å²) in [5.74, 6) is -0.813. The maximum Gasteiger partial charge on any atom is 0.308 e. The average molecular weight is 335 g/mol. The minimum absolute atomic E-state index is 0.369. The van der Waals surface area contributed by atoms with Crippen molar-refractivity contribution >= 4 is 29.5 Å². The van der Waals surface area contributed by atoms with E-state index in [1.807, 2.05) is 36.4 Å². The molecule has 0 fully saturated rings. The highest BCUT2D eigenvalue weighted by atomic mass is 16.5. The van der Waals surface area contributed by atoms with E-state index in [1.54, 1.807) is 12.1 Å². The van der Waals surface area contributed by atoms with Crippen LogP contribution in [0.2, 0.25) is 0 Å². The lowest BCUT2D eigenvalue weighted by molar-refractivity contribution is -0.132. The van der Waals surface area contributed by atoms with Crippen molar-refractivity contribution in [1.82, 2.24) is 0 Å². The molecule has 0 spiro atoms. The van der Waals surface area contributed by atoms with Gasteiger partial charge in [0.25, 0.3) is 11.8 Å². The first-order valence-corrected chi connectivity index (χ1v) is 7.53. The number of imide groups is 1. The molecule has 0 unspecified atom stereocenters. The zero-order chi connectivity index (χ0) is 18.2. The average Bonchev–Trinajstić information content (AvgIpc) is 2.95. The number of hydrogen-bond donors (Lipinski definition) is 0. The lowest BCUT2D eigenvalue weighted by atomic mass is 10.2. The molecule has 5 nitrogen and oxygen atoms in total. The van der Waals surface area contributed by atoms with Crippen LogP contribution in [0.4, 0.5) is 5.69 Å². The van der Waals surface area contributed by atoms with Gasteiger partial charge in [0.05, 0.1) is 5.69 Å². The summed E-state index contributed by atoms with van der Waals surface area (Å²) in [6.07, 6.45) is 4.25. The molecule has 1 heterocycles. The fraction of sp³-hybridized carbons (Fsp3) is 0.0500. The number of nitrogens with zero attached hydrogens (tertiary/aromatic N) is 1. The number of rotatable bonds is 3.